The average molecular weight is 365 g/mol. The van der Waals surface area contributed by atoms with Crippen molar-refractivity contribution >= 4 is 5.57 Å². The second-order valence-electron chi connectivity index (χ2n) is 6.88. The fourth-order valence-corrected chi connectivity index (χ4v) is 4.84. The molecule has 0 saturated carbocycles. The van der Waals surface area contributed by atoms with E-state index in [1.165, 1.54) is 44.6 Å². The molecule has 0 aliphatic heterocycles. The first-order valence-corrected chi connectivity index (χ1v) is 9.77. The van der Waals surface area contributed by atoms with Crippen molar-refractivity contribution in [1.82, 2.24) is 0 Å². The number of hydrogen-bond acceptors (Lipinski definition) is 0. The number of rotatable bonds is 5. The summed E-state index contributed by atoms with van der Waals surface area (Å²) in [7, 11) is 0. The van der Waals surface area contributed by atoms with Gasteiger partial charge >= 0.3 is 0 Å². The van der Waals surface area contributed by atoms with Crippen molar-refractivity contribution in [1.29, 1.82) is 0 Å². The smallest absolute Gasteiger partial charge is 0.0722 e. The van der Waals surface area contributed by atoms with E-state index in [4.69, 9.17) is 0 Å². The SMILES string of the molecule is C=CC=C1/C(=C\C)C2(C(C=C)=C(/C=C\C)C(C=C)=C2/C=C\C)c2ccccc21. The van der Waals surface area contributed by atoms with Crippen molar-refractivity contribution < 1.29 is 0 Å². The lowest BCUT2D eigenvalue weighted by Gasteiger charge is -2.33. The highest BCUT2D eigenvalue weighted by molar-refractivity contribution is 5.97. The lowest BCUT2D eigenvalue weighted by molar-refractivity contribution is 0.778. The first kappa shape index (κ1) is 19.6. The van der Waals surface area contributed by atoms with E-state index in [0.717, 1.165) is 0 Å². The molecule has 1 atom stereocenters. The summed E-state index contributed by atoms with van der Waals surface area (Å²) in [5, 5.41) is 0. The van der Waals surface area contributed by atoms with Gasteiger partial charge in [-0.1, -0.05) is 98.7 Å². The molecule has 1 unspecified atom stereocenters. The van der Waals surface area contributed by atoms with E-state index in [1.54, 1.807) is 0 Å². The Morgan fingerprint density at radius 3 is 2.11 bits per heavy atom. The maximum atomic E-state index is 4.23. The first-order chi connectivity index (χ1) is 13.7. The van der Waals surface area contributed by atoms with Gasteiger partial charge < -0.3 is 0 Å². The molecule has 140 valence electrons. The lowest BCUT2D eigenvalue weighted by atomic mass is 9.68. The molecule has 1 aromatic rings. The van der Waals surface area contributed by atoms with Gasteiger partial charge in [-0.15, -0.1) is 0 Å². The molecule has 1 spiro atoms. The van der Waals surface area contributed by atoms with Crippen LogP contribution in [0.2, 0.25) is 0 Å². The van der Waals surface area contributed by atoms with Crippen molar-refractivity contribution in [2.24, 2.45) is 0 Å². The van der Waals surface area contributed by atoms with Gasteiger partial charge in [-0.2, -0.15) is 0 Å². The van der Waals surface area contributed by atoms with Crippen molar-refractivity contribution in [2.75, 3.05) is 0 Å². The Morgan fingerprint density at radius 2 is 1.54 bits per heavy atom. The summed E-state index contributed by atoms with van der Waals surface area (Å²) in [4.78, 5) is 0. The largest absolute Gasteiger partial charge is 0.0990 e. The van der Waals surface area contributed by atoms with Gasteiger partial charge in [-0.25, -0.2) is 0 Å². The Bertz CT molecular complexity index is 1030. The van der Waals surface area contributed by atoms with Crippen LogP contribution in [-0.4, -0.2) is 0 Å². The van der Waals surface area contributed by atoms with Gasteiger partial charge in [-0.05, 0) is 65.3 Å². The van der Waals surface area contributed by atoms with Crippen LogP contribution in [0, 0.1) is 0 Å². The molecule has 0 N–H and O–H groups in total. The third-order valence-corrected chi connectivity index (χ3v) is 5.64. The van der Waals surface area contributed by atoms with Gasteiger partial charge in [0.1, 0.15) is 0 Å². The zero-order chi connectivity index (χ0) is 20.3. The summed E-state index contributed by atoms with van der Waals surface area (Å²) in [6.07, 6.45) is 18.9. The van der Waals surface area contributed by atoms with Crippen molar-refractivity contribution in [3.05, 3.63) is 138 Å². The predicted octanol–water partition coefficient (Wildman–Crippen LogP) is 7.58. The van der Waals surface area contributed by atoms with Crippen LogP contribution in [0.15, 0.2) is 127 Å². The number of benzene rings is 1. The van der Waals surface area contributed by atoms with Crippen LogP contribution in [0.1, 0.15) is 31.9 Å². The van der Waals surface area contributed by atoms with Crippen LogP contribution >= 0.6 is 0 Å². The number of fused-ring (bicyclic) bond motifs is 2. The summed E-state index contributed by atoms with van der Waals surface area (Å²) in [5.74, 6) is 0. The molecule has 0 saturated heterocycles. The Labute approximate surface area is 169 Å². The summed E-state index contributed by atoms with van der Waals surface area (Å²) in [6, 6.07) is 8.68. The zero-order valence-corrected chi connectivity index (χ0v) is 17.1. The standard InChI is InChI=1S/C28H28/c1-7-15-21-20(10-4)26(17-9-3)28(24(21)11-5)25(12-6)22(16-8-2)23-18-13-14-19-27(23)28/h7-19H,2,4-5H2,1,3,6H3/b15-7-,17-9-,22-16?,25-12+. The maximum Gasteiger partial charge on any atom is 0.0722 e. The molecule has 0 heteroatoms. The second kappa shape index (κ2) is 7.86. The van der Waals surface area contributed by atoms with E-state index in [2.05, 4.69) is 101 Å². The maximum absolute atomic E-state index is 4.23. The summed E-state index contributed by atoms with van der Waals surface area (Å²) in [5.41, 5.74) is 9.47. The van der Waals surface area contributed by atoms with Crippen molar-refractivity contribution in [3.8, 4) is 0 Å². The number of allylic oxidation sites excluding steroid dienone is 15. The quantitative estimate of drug-likeness (QED) is 0.505. The molecule has 2 aliphatic rings. The Morgan fingerprint density at radius 1 is 0.821 bits per heavy atom. The van der Waals surface area contributed by atoms with E-state index >= 15 is 0 Å². The van der Waals surface area contributed by atoms with Crippen LogP contribution < -0.4 is 0 Å². The highest BCUT2D eigenvalue weighted by Crippen LogP contribution is 2.62. The highest BCUT2D eigenvalue weighted by atomic mass is 14.5. The minimum Gasteiger partial charge on any atom is -0.0990 e. The van der Waals surface area contributed by atoms with E-state index in [0.29, 0.717) is 0 Å². The van der Waals surface area contributed by atoms with Gasteiger partial charge in [0.25, 0.3) is 0 Å². The molecular weight excluding hydrogens is 336 g/mol. The van der Waals surface area contributed by atoms with E-state index in [-0.39, 0.29) is 5.41 Å². The van der Waals surface area contributed by atoms with Crippen LogP contribution in [0.4, 0.5) is 0 Å². The minimum absolute atomic E-state index is 0.382. The second-order valence-corrected chi connectivity index (χ2v) is 6.88. The minimum atomic E-state index is -0.382. The molecule has 0 nitrogen and oxygen atoms in total. The Kier molecular flexibility index (Phi) is 5.51. The zero-order valence-electron chi connectivity index (χ0n) is 17.1. The normalized spacial score (nSPS) is 24.4. The molecule has 28 heavy (non-hydrogen) atoms. The fraction of sp³-hybridized carbons (Fsp3) is 0.143. The Hall–Kier alpha value is -3.12. The molecular formula is C28H28. The molecule has 0 heterocycles. The van der Waals surface area contributed by atoms with Crippen LogP contribution in [-0.2, 0) is 5.41 Å². The van der Waals surface area contributed by atoms with Crippen molar-refractivity contribution in [3.63, 3.8) is 0 Å². The summed E-state index contributed by atoms with van der Waals surface area (Å²) < 4.78 is 0. The lowest BCUT2D eigenvalue weighted by Crippen LogP contribution is -2.27. The first-order valence-electron chi connectivity index (χ1n) is 9.77. The summed E-state index contributed by atoms with van der Waals surface area (Å²) in [6.45, 7) is 18.6. The fourth-order valence-electron chi connectivity index (χ4n) is 4.84. The van der Waals surface area contributed by atoms with Gasteiger partial charge in [0.15, 0.2) is 0 Å². The summed E-state index contributed by atoms with van der Waals surface area (Å²) >= 11 is 0. The molecule has 0 amide bonds. The van der Waals surface area contributed by atoms with Gasteiger partial charge in [0, 0.05) is 0 Å². The predicted molar refractivity (Wildman–Crippen MR) is 124 cm³/mol. The van der Waals surface area contributed by atoms with Gasteiger partial charge in [-0.3, -0.25) is 0 Å². The van der Waals surface area contributed by atoms with Gasteiger partial charge in [0.05, 0.1) is 5.41 Å². The van der Waals surface area contributed by atoms with E-state index < -0.39 is 0 Å². The monoisotopic (exact) mass is 364 g/mol. The molecule has 0 fully saturated rings. The third-order valence-electron chi connectivity index (χ3n) is 5.64. The molecule has 1 aromatic carbocycles. The topological polar surface area (TPSA) is 0 Å². The van der Waals surface area contributed by atoms with E-state index in [1.807, 2.05) is 18.2 Å². The highest BCUT2D eigenvalue weighted by Gasteiger charge is 2.53. The van der Waals surface area contributed by atoms with Gasteiger partial charge in [0.2, 0.25) is 0 Å². The third kappa shape index (κ3) is 2.45. The molecule has 3 rings (SSSR count). The van der Waals surface area contributed by atoms with E-state index in [9.17, 15) is 0 Å². The molecule has 2 aliphatic carbocycles. The van der Waals surface area contributed by atoms with Crippen LogP contribution in [0.25, 0.3) is 5.57 Å². The van der Waals surface area contributed by atoms with Crippen molar-refractivity contribution in [2.45, 2.75) is 26.2 Å². The molecule has 0 radical (unpaired) electrons. The van der Waals surface area contributed by atoms with Crippen LogP contribution in [0.3, 0.4) is 0 Å². The number of hydrogen-bond donors (Lipinski definition) is 0. The Balaban J connectivity index is 2.61. The van der Waals surface area contributed by atoms with Crippen LogP contribution in [0.5, 0.6) is 0 Å². The molecule has 0 bridgehead atoms. The average Bonchev–Trinajstić information content (AvgIpc) is 3.13. The molecule has 0 aromatic heterocycles.